The summed E-state index contributed by atoms with van der Waals surface area (Å²) in [6.07, 6.45) is 4.83. The number of aromatic nitrogens is 3. The van der Waals surface area contributed by atoms with Crippen molar-refractivity contribution in [1.29, 1.82) is 0 Å². The number of methoxy groups -OCH3 is 1. The van der Waals surface area contributed by atoms with Gasteiger partial charge in [0, 0.05) is 20.7 Å². The lowest BCUT2D eigenvalue weighted by Crippen LogP contribution is -2.46. The van der Waals surface area contributed by atoms with Crippen molar-refractivity contribution in [2.75, 3.05) is 20.3 Å². The fourth-order valence-electron chi connectivity index (χ4n) is 2.42. The molecule has 0 amide bonds. The van der Waals surface area contributed by atoms with E-state index in [9.17, 15) is 0 Å². The van der Waals surface area contributed by atoms with Crippen LogP contribution in [0.1, 0.15) is 44.3 Å². The zero-order chi connectivity index (χ0) is 16.7. The van der Waals surface area contributed by atoms with E-state index in [4.69, 9.17) is 4.74 Å². The van der Waals surface area contributed by atoms with Gasteiger partial charge in [-0.25, -0.2) is 4.99 Å². The topological polar surface area (TPSA) is 76.4 Å². The van der Waals surface area contributed by atoms with Crippen molar-refractivity contribution in [3.63, 3.8) is 0 Å². The third-order valence-electron chi connectivity index (χ3n) is 4.24. The van der Waals surface area contributed by atoms with E-state index in [0.29, 0.717) is 25.1 Å². The summed E-state index contributed by atoms with van der Waals surface area (Å²) in [4.78, 5) is 4.69. The molecule has 138 valence electrons. The third kappa shape index (κ3) is 6.54. The van der Waals surface area contributed by atoms with E-state index in [2.05, 4.69) is 32.7 Å². The lowest BCUT2D eigenvalue weighted by molar-refractivity contribution is 0.165. The van der Waals surface area contributed by atoms with Gasteiger partial charge in [0.05, 0.1) is 12.6 Å². The first kappa shape index (κ1) is 21.1. The van der Waals surface area contributed by atoms with E-state index in [0.717, 1.165) is 37.0 Å². The molecule has 1 fully saturated rings. The average molecular weight is 450 g/mol. The number of aryl methyl sites for hydroxylation is 1. The van der Waals surface area contributed by atoms with Gasteiger partial charge >= 0.3 is 0 Å². The quantitative estimate of drug-likeness (QED) is 0.261. The maximum absolute atomic E-state index is 5.35. The van der Waals surface area contributed by atoms with Crippen molar-refractivity contribution in [2.24, 2.45) is 18.0 Å². The molecule has 1 aliphatic carbocycles. The average Bonchev–Trinajstić information content (AvgIpc) is 3.33. The maximum atomic E-state index is 5.35. The lowest BCUT2D eigenvalue weighted by atomic mass is 10.2. The molecule has 1 unspecified atom stereocenters. The Kier molecular flexibility index (Phi) is 9.57. The second kappa shape index (κ2) is 10.9. The number of unbranched alkanes of at least 4 members (excludes halogenated alkanes) is 1. The Morgan fingerprint density at radius 3 is 2.71 bits per heavy atom. The van der Waals surface area contributed by atoms with Crippen LogP contribution in [-0.2, 0) is 18.3 Å². The van der Waals surface area contributed by atoms with Crippen LogP contribution in [0.2, 0.25) is 0 Å². The molecule has 0 radical (unpaired) electrons. The normalized spacial score (nSPS) is 15.8. The largest absolute Gasteiger partial charge is 0.383 e. The minimum atomic E-state index is 0. The number of hydrogen-bond donors (Lipinski definition) is 2. The number of ether oxygens (including phenoxy) is 1. The molecule has 0 aromatic carbocycles. The summed E-state index contributed by atoms with van der Waals surface area (Å²) in [6, 6.07) is 0.328. The predicted molar refractivity (Wildman–Crippen MR) is 107 cm³/mol. The first-order valence-corrected chi connectivity index (χ1v) is 8.54. The first-order valence-electron chi connectivity index (χ1n) is 8.54. The van der Waals surface area contributed by atoms with E-state index in [1.807, 2.05) is 18.5 Å². The molecule has 2 N–H and O–H groups in total. The number of nitrogens with zero attached hydrogens (tertiary/aromatic N) is 4. The van der Waals surface area contributed by atoms with Crippen molar-refractivity contribution >= 4 is 29.9 Å². The molecule has 7 nitrogen and oxygen atoms in total. The Balaban J connectivity index is 0.00000288. The number of nitrogens with one attached hydrogen (secondary N) is 2. The molecule has 2 rings (SSSR count). The highest BCUT2D eigenvalue weighted by Crippen LogP contribution is 2.32. The van der Waals surface area contributed by atoms with Crippen LogP contribution in [0.15, 0.2) is 4.99 Å². The van der Waals surface area contributed by atoms with Crippen molar-refractivity contribution in [3.05, 3.63) is 11.6 Å². The standard InChI is InChI=1S/C16H30N6O.HI/c1-5-6-9-17-16(19-14(11-23-4)13-7-8-13)18-10-15-21-20-12(2)22(15)3;/h13-14H,5-11H2,1-4H3,(H2,17,18,19);1H. The zero-order valence-corrected chi connectivity index (χ0v) is 17.5. The van der Waals surface area contributed by atoms with Crippen LogP contribution >= 0.6 is 24.0 Å². The molecule has 0 spiro atoms. The molecule has 0 bridgehead atoms. The Labute approximate surface area is 162 Å². The van der Waals surface area contributed by atoms with E-state index < -0.39 is 0 Å². The monoisotopic (exact) mass is 450 g/mol. The van der Waals surface area contributed by atoms with Crippen molar-refractivity contribution in [2.45, 2.75) is 52.1 Å². The van der Waals surface area contributed by atoms with Gasteiger partial charge in [-0.3, -0.25) is 0 Å². The Morgan fingerprint density at radius 1 is 1.42 bits per heavy atom. The molecule has 1 saturated carbocycles. The summed E-state index contributed by atoms with van der Waals surface area (Å²) >= 11 is 0. The zero-order valence-electron chi connectivity index (χ0n) is 15.2. The molecule has 1 aliphatic rings. The van der Waals surface area contributed by atoms with Crippen LogP contribution in [0.3, 0.4) is 0 Å². The summed E-state index contributed by atoms with van der Waals surface area (Å²) in [6.45, 7) is 6.28. The van der Waals surface area contributed by atoms with Crippen molar-refractivity contribution < 1.29 is 4.74 Å². The first-order chi connectivity index (χ1) is 11.2. The smallest absolute Gasteiger partial charge is 0.192 e. The maximum Gasteiger partial charge on any atom is 0.192 e. The van der Waals surface area contributed by atoms with Gasteiger partial charge in [0.2, 0.25) is 0 Å². The third-order valence-corrected chi connectivity index (χ3v) is 4.24. The van der Waals surface area contributed by atoms with Crippen LogP contribution in [0, 0.1) is 12.8 Å². The van der Waals surface area contributed by atoms with Crippen LogP contribution in [-0.4, -0.2) is 47.0 Å². The van der Waals surface area contributed by atoms with Crippen molar-refractivity contribution in [3.8, 4) is 0 Å². The van der Waals surface area contributed by atoms with Gasteiger partial charge in [-0.2, -0.15) is 0 Å². The van der Waals surface area contributed by atoms with Gasteiger partial charge in [0.25, 0.3) is 0 Å². The van der Waals surface area contributed by atoms with Gasteiger partial charge in [0.1, 0.15) is 12.4 Å². The fraction of sp³-hybridized carbons (Fsp3) is 0.812. The Morgan fingerprint density at radius 2 is 2.17 bits per heavy atom. The minimum Gasteiger partial charge on any atom is -0.383 e. The molecular weight excluding hydrogens is 419 g/mol. The number of guanidine groups is 1. The summed E-state index contributed by atoms with van der Waals surface area (Å²) < 4.78 is 7.32. The van der Waals surface area contributed by atoms with E-state index in [1.54, 1.807) is 7.11 Å². The van der Waals surface area contributed by atoms with Gasteiger partial charge in [0.15, 0.2) is 11.8 Å². The van der Waals surface area contributed by atoms with Crippen LogP contribution in [0.25, 0.3) is 0 Å². The summed E-state index contributed by atoms with van der Waals surface area (Å²) in [7, 11) is 3.72. The van der Waals surface area contributed by atoms with Crippen LogP contribution in [0.5, 0.6) is 0 Å². The van der Waals surface area contributed by atoms with Gasteiger partial charge in [-0.15, -0.1) is 34.2 Å². The predicted octanol–water partition coefficient (Wildman–Crippen LogP) is 2.00. The minimum absolute atomic E-state index is 0. The van der Waals surface area contributed by atoms with E-state index in [1.165, 1.54) is 12.8 Å². The molecule has 0 saturated heterocycles. The Bertz CT molecular complexity index is 515. The highest BCUT2D eigenvalue weighted by Gasteiger charge is 2.31. The van der Waals surface area contributed by atoms with Gasteiger partial charge in [-0.1, -0.05) is 13.3 Å². The molecule has 1 aromatic rings. The molecule has 1 aromatic heterocycles. The molecule has 0 aliphatic heterocycles. The van der Waals surface area contributed by atoms with Gasteiger partial charge < -0.3 is 19.9 Å². The summed E-state index contributed by atoms with van der Waals surface area (Å²) in [5, 5.41) is 15.2. The second-order valence-corrected chi connectivity index (χ2v) is 6.21. The number of aliphatic imine (C=N–C) groups is 1. The lowest BCUT2D eigenvalue weighted by Gasteiger charge is -2.21. The number of halogens is 1. The van der Waals surface area contributed by atoms with Crippen molar-refractivity contribution in [1.82, 2.24) is 25.4 Å². The molecule has 24 heavy (non-hydrogen) atoms. The van der Waals surface area contributed by atoms with E-state index >= 15 is 0 Å². The summed E-state index contributed by atoms with van der Waals surface area (Å²) in [5.41, 5.74) is 0. The Hall–Kier alpha value is -0.900. The number of rotatable bonds is 9. The molecular formula is C16H31IN6O. The second-order valence-electron chi connectivity index (χ2n) is 6.21. The summed E-state index contributed by atoms with van der Waals surface area (Å²) in [5.74, 6) is 3.31. The molecule has 8 heteroatoms. The van der Waals surface area contributed by atoms with Gasteiger partial charge in [-0.05, 0) is 32.1 Å². The molecule has 1 atom stereocenters. The van der Waals surface area contributed by atoms with E-state index in [-0.39, 0.29) is 24.0 Å². The number of hydrogen-bond acceptors (Lipinski definition) is 4. The fourth-order valence-corrected chi connectivity index (χ4v) is 2.42. The molecule has 1 heterocycles. The highest BCUT2D eigenvalue weighted by atomic mass is 127. The van der Waals surface area contributed by atoms with Crippen LogP contribution in [0.4, 0.5) is 0 Å². The SMILES string of the molecule is CCCCNC(=NCc1nnc(C)n1C)NC(COC)C1CC1.I. The highest BCUT2D eigenvalue weighted by molar-refractivity contribution is 14.0. The van der Waals surface area contributed by atoms with Crippen LogP contribution < -0.4 is 10.6 Å².